The summed E-state index contributed by atoms with van der Waals surface area (Å²) in [4.78, 5) is 0. The van der Waals surface area contributed by atoms with E-state index in [9.17, 15) is 0 Å². The summed E-state index contributed by atoms with van der Waals surface area (Å²) >= 11 is 0. The van der Waals surface area contributed by atoms with E-state index < -0.39 is 0 Å². The van der Waals surface area contributed by atoms with E-state index in [4.69, 9.17) is 0 Å². The summed E-state index contributed by atoms with van der Waals surface area (Å²) in [7, 11) is 0.328. The van der Waals surface area contributed by atoms with Crippen LogP contribution in [0.1, 0.15) is 20.3 Å². The van der Waals surface area contributed by atoms with Crippen molar-refractivity contribution < 1.29 is 0 Å². The first kappa shape index (κ1) is 9.18. The second kappa shape index (κ2) is 8.18. The maximum Gasteiger partial charge on any atom is 0.0212 e. The predicted molar refractivity (Wildman–Crippen MR) is 47.0 cm³/mol. The molecule has 56 valence electrons. The smallest absolute Gasteiger partial charge is 0.0212 e. The molecule has 0 fully saturated rings. The Balaban J connectivity index is 2.60. The zero-order valence-electron chi connectivity index (χ0n) is 6.74. The minimum atomic E-state index is 0.328. The fourth-order valence-corrected chi connectivity index (χ4v) is 2.21. The topological polar surface area (TPSA) is 12.0 Å². The van der Waals surface area contributed by atoms with E-state index in [1.807, 2.05) is 0 Å². The molecule has 0 aromatic rings. The van der Waals surface area contributed by atoms with E-state index >= 15 is 0 Å². The summed E-state index contributed by atoms with van der Waals surface area (Å²) < 4.78 is 0. The monoisotopic (exact) mass is 145 g/mol. The standard InChI is InChI=1S/C7H19NSi/c1-3-6-9-7-5-8-4-2/h8H,3-7,9H2,1-2H3. The Morgan fingerprint density at radius 3 is 2.56 bits per heavy atom. The van der Waals surface area contributed by atoms with Crippen molar-refractivity contribution in [3.63, 3.8) is 0 Å². The predicted octanol–water partition coefficient (Wildman–Crippen LogP) is 1.01. The van der Waals surface area contributed by atoms with E-state index in [2.05, 4.69) is 19.2 Å². The van der Waals surface area contributed by atoms with E-state index in [0.717, 1.165) is 6.54 Å². The molecular weight excluding hydrogens is 126 g/mol. The third kappa shape index (κ3) is 8.18. The lowest BCUT2D eigenvalue weighted by molar-refractivity contribution is 0.758. The second-order valence-electron chi connectivity index (χ2n) is 2.41. The Hall–Kier alpha value is 0.177. The molecule has 0 bridgehead atoms. The van der Waals surface area contributed by atoms with Crippen molar-refractivity contribution in [2.45, 2.75) is 32.4 Å². The largest absolute Gasteiger partial charge is 0.317 e. The molecule has 0 rings (SSSR count). The molecule has 0 heterocycles. The Labute approximate surface area is 61.1 Å². The SMILES string of the molecule is CCC[SiH2]CCNCC. The number of nitrogens with one attached hydrogen (secondary N) is 1. The van der Waals surface area contributed by atoms with Gasteiger partial charge in [-0.3, -0.25) is 0 Å². The van der Waals surface area contributed by atoms with Crippen LogP contribution in [0.4, 0.5) is 0 Å². The van der Waals surface area contributed by atoms with Gasteiger partial charge in [0.15, 0.2) is 0 Å². The van der Waals surface area contributed by atoms with Crippen molar-refractivity contribution in [2.75, 3.05) is 13.1 Å². The lowest BCUT2D eigenvalue weighted by Crippen LogP contribution is -2.15. The summed E-state index contributed by atoms with van der Waals surface area (Å²) in [6.45, 7) is 6.85. The molecule has 0 aliphatic rings. The van der Waals surface area contributed by atoms with Gasteiger partial charge in [0.1, 0.15) is 0 Å². The van der Waals surface area contributed by atoms with Crippen LogP contribution in [-0.2, 0) is 0 Å². The summed E-state index contributed by atoms with van der Waals surface area (Å²) in [5, 5.41) is 3.34. The van der Waals surface area contributed by atoms with Gasteiger partial charge in [0.25, 0.3) is 0 Å². The van der Waals surface area contributed by atoms with E-state index in [1.165, 1.54) is 25.1 Å². The van der Waals surface area contributed by atoms with Crippen molar-refractivity contribution in [2.24, 2.45) is 0 Å². The zero-order valence-corrected chi connectivity index (χ0v) is 8.16. The molecule has 1 nitrogen and oxygen atoms in total. The van der Waals surface area contributed by atoms with E-state index in [1.54, 1.807) is 0 Å². The summed E-state index contributed by atoms with van der Waals surface area (Å²) in [6.07, 6.45) is 1.40. The van der Waals surface area contributed by atoms with Crippen LogP contribution in [0, 0.1) is 0 Å². The van der Waals surface area contributed by atoms with Crippen LogP contribution in [0.15, 0.2) is 0 Å². The molecule has 0 aromatic heterocycles. The zero-order chi connectivity index (χ0) is 6.95. The maximum atomic E-state index is 3.34. The lowest BCUT2D eigenvalue weighted by atomic mass is 10.6. The Morgan fingerprint density at radius 1 is 1.22 bits per heavy atom. The molecule has 2 heteroatoms. The minimum Gasteiger partial charge on any atom is -0.317 e. The van der Waals surface area contributed by atoms with Gasteiger partial charge in [0.05, 0.1) is 0 Å². The lowest BCUT2D eigenvalue weighted by Gasteiger charge is -1.98. The van der Waals surface area contributed by atoms with Gasteiger partial charge >= 0.3 is 0 Å². The highest BCUT2D eigenvalue weighted by molar-refractivity contribution is 6.35. The van der Waals surface area contributed by atoms with Gasteiger partial charge in [-0.2, -0.15) is 0 Å². The van der Waals surface area contributed by atoms with E-state index in [0.29, 0.717) is 9.52 Å². The van der Waals surface area contributed by atoms with Crippen LogP contribution in [0.2, 0.25) is 12.1 Å². The van der Waals surface area contributed by atoms with Crippen molar-refractivity contribution in [1.29, 1.82) is 0 Å². The molecule has 1 N–H and O–H groups in total. The van der Waals surface area contributed by atoms with Crippen molar-refractivity contribution in [1.82, 2.24) is 5.32 Å². The molecule has 0 amide bonds. The molecule has 0 saturated heterocycles. The van der Waals surface area contributed by atoms with Crippen LogP contribution >= 0.6 is 0 Å². The van der Waals surface area contributed by atoms with Gasteiger partial charge in [-0.15, -0.1) is 0 Å². The molecule has 0 atom stereocenters. The molecule has 0 saturated carbocycles. The van der Waals surface area contributed by atoms with Crippen LogP contribution < -0.4 is 5.32 Å². The normalized spacial score (nSPS) is 11.3. The van der Waals surface area contributed by atoms with Gasteiger partial charge in [0, 0.05) is 9.52 Å². The van der Waals surface area contributed by atoms with Gasteiger partial charge in [-0.25, -0.2) is 0 Å². The van der Waals surface area contributed by atoms with Crippen molar-refractivity contribution in [3.8, 4) is 0 Å². The molecule has 0 spiro atoms. The molecule has 0 aliphatic heterocycles. The molecule has 0 unspecified atom stereocenters. The second-order valence-corrected chi connectivity index (χ2v) is 4.54. The van der Waals surface area contributed by atoms with Gasteiger partial charge in [0.2, 0.25) is 0 Å². The number of hydrogen-bond donors (Lipinski definition) is 1. The summed E-state index contributed by atoms with van der Waals surface area (Å²) in [5.74, 6) is 0. The average Bonchev–Trinajstić information content (AvgIpc) is 1.89. The Kier molecular flexibility index (Phi) is 8.34. The Morgan fingerprint density at radius 2 is 2.00 bits per heavy atom. The van der Waals surface area contributed by atoms with Gasteiger partial charge in [-0.1, -0.05) is 32.4 Å². The van der Waals surface area contributed by atoms with Crippen LogP contribution in [0.5, 0.6) is 0 Å². The first-order valence-corrected chi connectivity index (χ1v) is 6.12. The van der Waals surface area contributed by atoms with Crippen molar-refractivity contribution >= 4 is 9.52 Å². The number of hydrogen-bond acceptors (Lipinski definition) is 1. The third-order valence-electron chi connectivity index (χ3n) is 1.46. The first-order valence-electron chi connectivity index (χ1n) is 4.12. The highest BCUT2D eigenvalue weighted by atomic mass is 28.2. The molecule has 9 heavy (non-hydrogen) atoms. The fraction of sp³-hybridized carbons (Fsp3) is 1.00. The maximum absolute atomic E-state index is 3.34. The van der Waals surface area contributed by atoms with E-state index in [-0.39, 0.29) is 0 Å². The molecule has 0 radical (unpaired) electrons. The average molecular weight is 145 g/mol. The van der Waals surface area contributed by atoms with Crippen LogP contribution in [0.25, 0.3) is 0 Å². The third-order valence-corrected chi connectivity index (χ3v) is 3.52. The molecule has 0 aromatic carbocycles. The molecule has 0 aliphatic carbocycles. The highest BCUT2D eigenvalue weighted by Gasteiger charge is 1.85. The van der Waals surface area contributed by atoms with Gasteiger partial charge < -0.3 is 5.32 Å². The van der Waals surface area contributed by atoms with Crippen LogP contribution in [-0.4, -0.2) is 22.6 Å². The fourth-order valence-electron chi connectivity index (χ4n) is 0.854. The quantitative estimate of drug-likeness (QED) is 0.434. The molecular formula is C7H19NSi. The minimum absolute atomic E-state index is 0.328. The number of rotatable bonds is 6. The van der Waals surface area contributed by atoms with Crippen LogP contribution in [0.3, 0.4) is 0 Å². The first-order chi connectivity index (χ1) is 4.41. The van der Waals surface area contributed by atoms with Crippen molar-refractivity contribution in [3.05, 3.63) is 0 Å². The summed E-state index contributed by atoms with van der Waals surface area (Å²) in [6, 6.07) is 3.02. The van der Waals surface area contributed by atoms with Gasteiger partial charge in [-0.05, 0) is 13.1 Å². The Bertz CT molecular complexity index is 42.2. The summed E-state index contributed by atoms with van der Waals surface area (Å²) in [5.41, 5.74) is 0. The highest BCUT2D eigenvalue weighted by Crippen LogP contribution is 1.88.